The molecule has 1 aliphatic carbocycles. The minimum atomic E-state index is -0.711. The number of aromatic nitrogens is 5. The number of carbonyl (C=O) groups excluding carboxylic acids is 3. The van der Waals surface area contributed by atoms with E-state index in [2.05, 4.69) is 86.1 Å². The number of pyridine rings is 1. The summed E-state index contributed by atoms with van der Waals surface area (Å²) in [7, 11) is 3.88. The fraction of sp³-hybridized carbons (Fsp3) is 0.412. The molecule has 1 saturated carbocycles. The standard InChI is InChI=1S/C51H60N10O6/c1-57-20-22-59(23-21-57)31-35-8-13-37(14-9-35)38-15-10-36(11-16-38)33-67-46-7-3-6-42(46)55-49(63)41-28-39(29-53-48(41)52)40-30-54-60(32-40)24-26-66-25-4-5-34-12-17-43-45(27-34)58(2)51(65)61(43)44-18-19-47(62)56-50(44)64/h8-17,27-30,32,42,44,46H,3-7,18-26,31,33H2,1-2H3,(H2,52,53)(H,55,63)(H,56,62,64)/t42-,44?,46-/m0/s1. The molecule has 2 aliphatic heterocycles. The van der Waals surface area contributed by atoms with E-state index in [1.807, 2.05) is 24.4 Å². The number of ether oxygens (including phenoxy) is 2. The van der Waals surface area contributed by atoms with Gasteiger partial charge in [0.2, 0.25) is 11.8 Å². The summed E-state index contributed by atoms with van der Waals surface area (Å²) in [5.74, 6) is -0.875. The number of aryl methyl sites for hydroxylation is 2. The lowest BCUT2D eigenvalue weighted by Gasteiger charge is -2.32. The number of nitrogens with zero attached hydrogens (tertiary/aromatic N) is 7. The van der Waals surface area contributed by atoms with Crippen molar-refractivity contribution in [3.8, 4) is 22.3 Å². The Morgan fingerprint density at radius 2 is 1.57 bits per heavy atom. The minimum Gasteiger partial charge on any atom is -0.383 e. The van der Waals surface area contributed by atoms with Gasteiger partial charge in [-0.3, -0.25) is 38.4 Å². The van der Waals surface area contributed by atoms with E-state index in [0.29, 0.717) is 43.9 Å². The number of rotatable bonds is 17. The van der Waals surface area contributed by atoms with Gasteiger partial charge in [-0.2, -0.15) is 5.10 Å². The van der Waals surface area contributed by atoms with Crippen molar-refractivity contribution in [1.82, 2.24) is 44.3 Å². The molecular weight excluding hydrogens is 849 g/mol. The van der Waals surface area contributed by atoms with Gasteiger partial charge in [-0.1, -0.05) is 54.6 Å². The molecule has 3 aromatic heterocycles. The Labute approximate surface area is 390 Å². The smallest absolute Gasteiger partial charge is 0.329 e. The summed E-state index contributed by atoms with van der Waals surface area (Å²) in [5, 5.41) is 10.0. The first-order chi connectivity index (χ1) is 32.6. The van der Waals surface area contributed by atoms with Gasteiger partial charge in [0, 0.05) is 76.3 Å². The van der Waals surface area contributed by atoms with Crippen LogP contribution in [-0.4, -0.2) is 110 Å². The molecule has 3 atom stereocenters. The van der Waals surface area contributed by atoms with Crippen molar-refractivity contribution in [2.24, 2.45) is 7.05 Å². The van der Waals surface area contributed by atoms with Crippen LogP contribution in [0.1, 0.15) is 71.6 Å². The van der Waals surface area contributed by atoms with E-state index in [9.17, 15) is 19.2 Å². The number of amides is 3. The summed E-state index contributed by atoms with van der Waals surface area (Å²) >= 11 is 0. The number of fused-ring (bicyclic) bond motifs is 1. The Bertz CT molecular complexity index is 2770. The number of imidazole rings is 1. The first-order valence-corrected chi connectivity index (χ1v) is 23.5. The van der Waals surface area contributed by atoms with Gasteiger partial charge >= 0.3 is 5.69 Å². The van der Waals surface area contributed by atoms with Crippen LogP contribution in [0.3, 0.4) is 0 Å². The van der Waals surface area contributed by atoms with E-state index in [1.54, 1.807) is 34.8 Å². The van der Waals surface area contributed by atoms with Crippen LogP contribution in [0.4, 0.5) is 5.82 Å². The SMILES string of the molecule is CN1CCN(Cc2ccc(-c3ccc(CO[C@H]4CCC[C@@H]4NC(=O)c4cc(-c5cnn(CCOCCCc6ccc7c(c6)n(C)c(=O)n7C6CCC(=O)NC6=O)c5)cnc4N)cc3)cc2)CC1. The van der Waals surface area contributed by atoms with E-state index in [1.165, 1.54) is 21.3 Å². The van der Waals surface area contributed by atoms with Crippen molar-refractivity contribution >= 4 is 34.6 Å². The van der Waals surface area contributed by atoms with Crippen molar-refractivity contribution in [3.63, 3.8) is 0 Å². The Morgan fingerprint density at radius 1 is 0.821 bits per heavy atom. The maximum atomic E-state index is 13.7. The Balaban J connectivity index is 0.717. The first-order valence-electron chi connectivity index (χ1n) is 23.5. The lowest BCUT2D eigenvalue weighted by molar-refractivity contribution is -0.135. The molecule has 0 bridgehead atoms. The van der Waals surface area contributed by atoms with Crippen LogP contribution in [0, 0.1) is 0 Å². The summed E-state index contributed by atoms with van der Waals surface area (Å²) in [6.07, 6.45) is 9.85. The van der Waals surface area contributed by atoms with Crippen molar-refractivity contribution in [1.29, 1.82) is 0 Å². The number of nitrogens with two attached hydrogens (primary N) is 1. The van der Waals surface area contributed by atoms with Gasteiger partial charge in [0.05, 0.1) is 54.7 Å². The summed E-state index contributed by atoms with van der Waals surface area (Å²) in [6.45, 7) is 7.44. The molecule has 6 aromatic rings. The van der Waals surface area contributed by atoms with Crippen LogP contribution in [0.25, 0.3) is 33.3 Å². The number of piperidine rings is 1. The normalized spacial score (nSPS) is 19.3. The molecule has 0 spiro atoms. The maximum absolute atomic E-state index is 13.7. The summed E-state index contributed by atoms with van der Waals surface area (Å²) < 4.78 is 17.2. The zero-order valence-electron chi connectivity index (χ0n) is 38.4. The van der Waals surface area contributed by atoms with Crippen molar-refractivity contribution in [3.05, 3.63) is 124 Å². The van der Waals surface area contributed by atoms with Gasteiger partial charge in [-0.25, -0.2) is 9.78 Å². The predicted molar refractivity (Wildman–Crippen MR) is 256 cm³/mol. The van der Waals surface area contributed by atoms with Crippen LogP contribution >= 0.6 is 0 Å². The summed E-state index contributed by atoms with van der Waals surface area (Å²) in [5.41, 5.74) is 15.1. The Morgan fingerprint density at radius 3 is 2.33 bits per heavy atom. The molecule has 9 rings (SSSR count). The average Bonchev–Trinajstić information content (AvgIpc) is 4.06. The fourth-order valence-corrected chi connectivity index (χ4v) is 9.48. The largest absolute Gasteiger partial charge is 0.383 e. The zero-order chi connectivity index (χ0) is 46.4. The van der Waals surface area contributed by atoms with E-state index >= 15 is 0 Å². The van der Waals surface area contributed by atoms with Gasteiger partial charge in [-0.15, -0.1) is 0 Å². The lowest BCUT2D eigenvalue weighted by Crippen LogP contribution is -2.44. The number of hydrogen-bond acceptors (Lipinski definition) is 11. The highest BCUT2D eigenvalue weighted by atomic mass is 16.5. The highest BCUT2D eigenvalue weighted by Gasteiger charge is 2.32. The number of likely N-dealkylation sites (N-methyl/N-ethyl adjacent to an activating group) is 1. The molecular formula is C51H60N10O6. The van der Waals surface area contributed by atoms with Crippen LogP contribution in [-0.2, 0) is 52.2 Å². The van der Waals surface area contributed by atoms with Crippen molar-refractivity contribution < 1.29 is 23.9 Å². The van der Waals surface area contributed by atoms with E-state index < -0.39 is 11.9 Å². The molecule has 0 radical (unpaired) electrons. The van der Waals surface area contributed by atoms with Gasteiger partial charge in [0.15, 0.2) is 0 Å². The molecule has 3 aliphatic rings. The van der Waals surface area contributed by atoms with Gasteiger partial charge in [-0.05, 0) is 91.6 Å². The topological polar surface area (TPSA) is 184 Å². The fourth-order valence-electron chi connectivity index (χ4n) is 9.48. The van der Waals surface area contributed by atoms with Gasteiger partial charge in [0.25, 0.3) is 5.91 Å². The third kappa shape index (κ3) is 10.7. The van der Waals surface area contributed by atoms with Crippen molar-refractivity contribution in [2.75, 3.05) is 52.2 Å². The molecule has 16 heteroatoms. The van der Waals surface area contributed by atoms with Crippen LogP contribution in [0.5, 0.6) is 0 Å². The molecule has 2 saturated heterocycles. The highest BCUT2D eigenvalue weighted by molar-refractivity contribution is 6.00. The predicted octanol–water partition coefficient (Wildman–Crippen LogP) is 5.09. The van der Waals surface area contributed by atoms with Gasteiger partial charge in [0.1, 0.15) is 11.9 Å². The lowest BCUT2D eigenvalue weighted by atomic mass is 10.0. The number of nitrogen functional groups attached to an aromatic ring is 1. The summed E-state index contributed by atoms with van der Waals surface area (Å²) in [4.78, 5) is 60.2. The number of benzene rings is 3. The van der Waals surface area contributed by atoms with Crippen LogP contribution in [0.15, 0.2) is 96.2 Å². The second-order valence-electron chi connectivity index (χ2n) is 18.2. The van der Waals surface area contributed by atoms with E-state index in [-0.39, 0.29) is 41.9 Å². The van der Waals surface area contributed by atoms with Gasteiger partial charge < -0.3 is 25.4 Å². The molecule has 350 valence electrons. The van der Waals surface area contributed by atoms with Crippen LogP contribution < -0.4 is 22.1 Å². The number of piperazine rings is 1. The second kappa shape index (κ2) is 20.6. The number of nitrogens with one attached hydrogen (secondary N) is 2. The highest BCUT2D eigenvalue weighted by Crippen LogP contribution is 2.28. The quantitative estimate of drug-likeness (QED) is 0.0819. The molecule has 16 nitrogen and oxygen atoms in total. The summed E-state index contributed by atoms with van der Waals surface area (Å²) in [6, 6.07) is 24.2. The monoisotopic (exact) mass is 908 g/mol. The number of imide groups is 1. The molecule has 4 N–H and O–H groups in total. The third-order valence-corrected chi connectivity index (χ3v) is 13.5. The zero-order valence-corrected chi connectivity index (χ0v) is 38.4. The van der Waals surface area contributed by atoms with Crippen LogP contribution in [0.2, 0.25) is 0 Å². The maximum Gasteiger partial charge on any atom is 0.329 e. The molecule has 5 heterocycles. The Kier molecular flexibility index (Phi) is 14.0. The molecule has 3 amide bonds. The average molecular weight is 909 g/mol. The molecule has 1 unspecified atom stereocenters. The molecule has 67 heavy (non-hydrogen) atoms. The van der Waals surface area contributed by atoms with E-state index in [0.717, 1.165) is 92.6 Å². The number of hydrogen-bond donors (Lipinski definition) is 3. The number of carbonyl (C=O) groups is 3. The minimum absolute atomic E-state index is 0.109. The second-order valence-corrected chi connectivity index (χ2v) is 18.2. The third-order valence-electron chi connectivity index (χ3n) is 13.5. The first kappa shape index (κ1) is 45.7. The Hall–Kier alpha value is -6.46. The molecule has 3 fully saturated rings. The van der Waals surface area contributed by atoms with E-state index in [4.69, 9.17) is 15.2 Å². The van der Waals surface area contributed by atoms with Crippen molar-refractivity contribution in [2.45, 2.75) is 82.8 Å². The molecule has 3 aromatic carbocycles. The number of anilines is 1.